The summed E-state index contributed by atoms with van der Waals surface area (Å²) in [7, 11) is -1.53. The average Bonchev–Trinajstić information content (AvgIpc) is 3.07. The molecule has 6 aromatic rings. The first-order valence-corrected chi connectivity index (χ1v) is 17.8. The van der Waals surface area contributed by atoms with Gasteiger partial charge in [-0.05, 0) is 59.2 Å². The van der Waals surface area contributed by atoms with E-state index in [4.69, 9.17) is 6.30 Å². The minimum atomic E-state index is -1.78. The van der Waals surface area contributed by atoms with Crippen molar-refractivity contribution in [3.63, 3.8) is 0 Å². The van der Waals surface area contributed by atoms with Crippen molar-refractivity contribution in [3.8, 4) is 0 Å². The molecule has 0 aliphatic carbocycles. The summed E-state index contributed by atoms with van der Waals surface area (Å²) in [5.74, 6) is 0. The Kier molecular flexibility index (Phi) is 8.93. The van der Waals surface area contributed by atoms with Crippen molar-refractivity contribution in [1.82, 2.24) is 0 Å². The van der Waals surface area contributed by atoms with Crippen molar-refractivity contribution in [2.45, 2.75) is 0 Å². The molecule has 196 valence electrons. The highest BCUT2D eigenvalue weighted by Gasteiger charge is 2.39. The van der Waals surface area contributed by atoms with Crippen LogP contribution in [0.1, 0.15) is 0 Å². The van der Waals surface area contributed by atoms with E-state index >= 15 is 0 Å². The molecule has 6 rings (SSSR count). The van der Waals surface area contributed by atoms with Gasteiger partial charge >= 0.3 is 0 Å². The van der Waals surface area contributed by atoms with E-state index in [9.17, 15) is 0 Å². The van der Waals surface area contributed by atoms with Gasteiger partial charge in [-0.3, -0.25) is 0 Å². The van der Waals surface area contributed by atoms with E-state index in [0.717, 1.165) is 0 Å². The minimum Gasteiger partial charge on any atom is -0.0887 e. The molecule has 0 N–H and O–H groups in total. The highest BCUT2D eigenvalue weighted by molar-refractivity contribution is 7.95. The normalized spacial score (nSPS) is 11.2. The van der Waals surface area contributed by atoms with E-state index in [2.05, 4.69) is 189 Å². The first kappa shape index (κ1) is 27.6. The molecule has 0 amide bonds. The van der Waals surface area contributed by atoms with Crippen LogP contribution in [-0.4, -0.2) is 13.0 Å². The van der Waals surface area contributed by atoms with Gasteiger partial charge in [-0.15, -0.1) is 0 Å². The van der Waals surface area contributed by atoms with E-state index in [1.165, 1.54) is 31.8 Å². The zero-order valence-corrected chi connectivity index (χ0v) is 24.7. The lowest BCUT2D eigenvalue weighted by atomic mass is 10.4. The quantitative estimate of drug-likeness (QED) is 0.195. The molecule has 6 aromatic carbocycles. The molecule has 0 radical (unpaired) electrons. The van der Waals surface area contributed by atoms with Gasteiger partial charge in [-0.25, -0.2) is 0 Å². The molecule has 0 fully saturated rings. The topological polar surface area (TPSA) is 0 Å². The van der Waals surface area contributed by atoms with Crippen LogP contribution in [0.4, 0.5) is 0 Å². The number of rotatable bonds is 6. The van der Waals surface area contributed by atoms with Crippen LogP contribution in [0.3, 0.4) is 0 Å². The lowest BCUT2D eigenvalue weighted by Gasteiger charge is -2.26. The Labute approximate surface area is 240 Å². The van der Waals surface area contributed by atoms with Crippen LogP contribution in [0.25, 0.3) is 0 Å². The molecule has 0 bridgehead atoms. The lowest BCUT2D eigenvalue weighted by molar-refractivity contribution is 1.72. The summed E-state index contributed by atoms with van der Waals surface area (Å²) in [4.78, 5) is 0. The molecular formula is C38H35P2+. The van der Waals surface area contributed by atoms with Crippen LogP contribution in [0.5, 0.6) is 0 Å². The van der Waals surface area contributed by atoms with Gasteiger partial charge < -0.3 is 0 Å². The van der Waals surface area contributed by atoms with Gasteiger partial charge in [0.05, 0.1) is 6.66 Å². The third-order valence-electron chi connectivity index (χ3n) is 7.41. The number of benzene rings is 6. The summed E-state index contributed by atoms with van der Waals surface area (Å²) in [5.41, 5.74) is 0. The molecule has 0 heterocycles. The summed E-state index contributed by atoms with van der Waals surface area (Å²) in [6, 6.07) is 64.6. The Balaban J connectivity index is 0.000000161. The van der Waals surface area contributed by atoms with Crippen LogP contribution in [0.2, 0.25) is 0 Å². The number of hydrogen-bond donors (Lipinski definition) is 0. The van der Waals surface area contributed by atoms with Crippen LogP contribution < -0.4 is 31.8 Å². The molecule has 40 heavy (non-hydrogen) atoms. The van der Waals surface area contributed by atoms with Gasteiger partial charge in [-0.1, -0.05) is 152 Å². The summed E-state index contributed by atoms with van der Waals surface area (Å²) in [5, 5.41) is 8.24. The molecule has 0 aromatic heterocycles. The van der Waals surface area contributed by atoms with Gasteiger partial charge in [-0.2, -0.15) is 0 Å². The predicted molar refractivity (Wildman–Crippen MR) is 183 cm³/mol. The van der Waals surface area contributed by atoms with Gasteiger partial charge in [0.2, 0.25) is 0 Å². The summed E-state index contributed by atoms with van der Waals surface area (Å²) < 4.78 is 0. The molecule has 0 spiro atoms. The van der Waals surface area contributed by atoms with Crippen molar-refractivity contribution >= 4 is 52.3 Å². The molecule has 0 atom stereocenters. The van der Waals surface area contributed by atoms with E-state index in [1.807, 2.05) is 0 Å². The van der Waals surface area contributed by atoms with Crippen LogP contribution in [-0.2, 0) is 0 Å². The Morgan fingerprint density at radius 1 is 0.350 bits per heavy atom. The van der Waals surface area contributed by atoms with E-state index in [1.54, 1.807) is 0 Å². The molecule has 0 unspecified atom stereocenters. The average molecular weight is 554 g/mol. The summed E-state index contributed by atoms with van der Waals surface area (Å²) in [6.07, 6.45) is 4.69. The monoisotopic (exact) mass is 553 g/mol. The van der Waals surface area contributed by atoms with E-state index in [-0.39, 0.29) is 0 Å². The summed E-state index contributed by atoms with van der Waals surface area (Å²) in [6.45, 7) is 0.633. The molecule has 0 aliphatic rings. The third-order valence-corrected chi connectivity index (χ3v) is 14.9. The van der Waals surface area contributed by atoms with Crippen molar-refractivity contribution in [2.75, 3.05) is 6.66 Å². The molecule has 0 nitrogen and oxygen atoms in total. The zero-order chi connectivity index (χ0) is 27.7. The van der Waals surface area contributed by atoms with Crippen molar-refractivity contribution < 1.29 is 0 Å². The molecule has 0 saturated carbocycles. The third kappa shape index (κ3) is 5.80. The second-order valence-corrected chi connectivity index (χ2v) is 16.6. The van der Waals surface area contributed by atoms with Crippen molar-refractivity contribution in [1.29, 1.82) is 0 Å². The van der Waals surface area contributed by atoms with Crippen LogP contribution >= 0.6 is 14.1 Å². The molecular weight excluding hydrogens is 518 g/mol. The largest absolute Gasteiger partial charge is 0.109 e. The van der Waals surface area contributed by atoms with Gasteiger partial charge in [0.15, 0.2) is 0 Å². The Hall–Kier alpha value is -3.95. The van der Waals surface area contributed by atoms with E-state index in [0.29, 0.717) is 0 Å². The Morgan fingerprint density at radius 2 is 0.550 bits per heavy atom. The summed E-state index contributed by atoms with van der Waals surface area (Å²) >= 11 is 0. The number of hydrogen-bond acceptors (Lipinski definition) is 0. The maximum absolute atomic E-state index is 4.69. The van der Waals surface area contributed by atoms with Crippen molar-refractivity contribution in [3.05, 3.63) is 182 Å². The smallest absolute Gasteiger partial charge is 0.0887 e. The fourth-order valence-corrected chi connectivity index (χ4v) is 11.3. The second-order valence-electron chi connectivity index (χ2n) is 9.83. The highest BCUT2D eigenvalue weighted by Crippen LogP contribution is 2.51. The molecule has 0 aliphatic heterocycles. The van der Waals surface area contributed by atoms with Crippen LogP contribution in [0.15, 0.2) is 182 Å². The first-order chi connectivity index (χ1) is 19.6. The maximum atomic E-state index is 4.69. The Bertz CT molecular complexity index is 1430. The second kappa shape index (κ2) is 12.9. The Morgan fingerprint density at radius 3 is 0.775 bits per heavy atom. The minimum absolute atomic E-state index is 1.32. The van der Waals surface area contributed by atoms with Gasteiger partial charge in [0.25, 0.3) is 0 Å². The fraction of sp³-hybridized carbons (Fsp3) is 0.0263. The zero-order valence-electron chi connectivity index (χ0n) is 22.9. The first-order valence-electron chi connectivity index (χ1n) is 13.6. The fourth-order valence-electron chi connectivity index (χ4n) is 5.12. The maximum Gasteiger partial charge on any atom is 0.109 e. The van der Waals surface area contributed by atoms with Crippen molar-refractivity contribution in [2.24, 2.45) is 0 Å². The standard InChI is InChI=1S/C19H18P.C19H17P/c2*1-20(17-11-5-2-6-12-17,18-13-7-3-8-14-18)19-15-9-4-10-16-19/h2-16H,1H3;2-16H,1H2/q+1;. The molecule has 2 heteroatoms. The van der Waals surface area contributed by atoms with Gasteiger partial charge in [0.1, 0.15) is 23.2 Å². The lowest BCUT2D eigenvalue weighted by Crippen LogP contribution is -2.30. The van der Waals surface area contributed by atoms with Gasteiger partial charge in [0, 0.05) is 0 Å². The molecule has 0 saturated heterocycles. The predicted octanol–water partition coefficient (Wildman–Crippen LogP) is 7.02. The SMILES string of the molecule is C=P(c1ccccc1)(c1ccccc1)c1ccccc1.C[P+](c1ccccc1)(c1ccccc1)c1ccccc1. The van der Waals surface area contributed by atoms with E-state index < -0.39 is 14.1 Å². The highest BCUT2D eigenvalue weighted by atomic mass is 31.2. The van der Waals surface area contributed by atoms with Crippen LogP contribution in [0, 0.1) is 0 Å².